The van der Waals surface area contributed by atoms with E-state index in [-0.39, 0.29) is 33.6 Å². The van der Waals surface area contributed by atoms with Crippen LogP contribution in [0.2, 0.25) is 0 Å². The number of nitrogens with zero attached hydrogens (tertiary/aromatic N) is 1. The molecule has 0 heterocycles. The van der Waals surface area contributed by atoms with Crippen molar-refractivity contribution < 1.29 is 22.2 Å². The Balaban J connectivity index is 0.00000288. The second kappa shape index (κ2) is 7.55. The van der Waals surface area contributed by atoms with Crippen LogP contribution < -0.4 is 0 Å². The second-order valence-electron chi connectivity index (χ2n) is 8.06. The van der Waals surface area contributed by atoms with Crippen molar-refractivity contribution in [2.45, 2.75) is 52.4 Å². The van der Waals surface area contributed by atoms with E-state index in [9.17, 15) is 5.11 Å². The minimum absolute atomic E-state index is 0. The summed E-state index contributed by atoms with van der Waals surface area (Å²) in [4.78, 5) is 4.55. The molecule has 2 rings (SSSR count). The molecular weight excluding hydrogens is 346 g/mol. The molecule has 0 aliphatic carbocycles. The molecule has 1 N–H and O–H groups in total. The van der Waals surface area contributed by atoms with E-state index in [2.05, 4.69) is 52.6 Å². The van der Waals surface area contributed by atoms with Crippen molar-refractivity contribution in [1.29, 1.82) is 0 Å². The van der Waals surface area contributed by atoms with E-state index < -0.39 is 0 Å². The fourth-order valence-corrected chi connectivity index (χ4v) is 2.41. The summed E-state index contributed by atoms with van der Waals surface area (Å²) in [6.45, 7) is 12.9. The molecule has 3 heteroatoms. The van der Waals surface area contributed by atoms with Gasteiger partial charge >= 0.3 is 0 Å². The largest absolute Gasteiger partial charge is 0.505 e. The number of phenols is 1. The van der Waals surface area contributed by atoms with Gasteiger partial charge in [-0.3, -0.25) is 4.99 Å². The first-order chi connectivity index (χ1) is 10.6. The van der Waals surface area contributed by atoms with Gasteiger partial charge in [-0.1, -0.05) is 77.9 Å². The van der Waals surface area contributed by atoms with Crippen molar-refractivity contribution in [2.75, 3.05) is 0 Å². The number of aliphatic imine (C=N–C) groups is 1. The molecule has 0 bridgehead atoms. The van der Waals surface area contributed by atoms with Crippen molar-refractivity contribution in [1.82, 2.24) is 0 Å². The van der Waals surface area contributed by atoms with Crippen molar-refractivity contribution in [3.8, 4) is 5.75 Å². The van der Waals surface area contributed by atoms with Gasteiger partial charge in [0.15, 0.2) is 0 Å². The molecule has 2 aromatic rings. The molecule has 0 unspecified atom stereocenters. The van der Waals surface area contributed by atoms with E-state index >= 15 is 0 Å². The summed E-state index contributed by atoms with van der Waals surface area (Å²) in [7, 11) is 0. The summed E-state index contributed by atoms with van der Waals surface area (Å²) in [5.41, 5.74) is 3.63. The van der Waals surface area contributed by atoms with Gasteiger partial charge in [-0.15, -0.1) is 0 Å². The Morgan fingerprint density at radius 3 is 1.96 bits per heavy atom. The Morgan fingerprint density at radius 1 is 0.875 bits per heavy atom. The summed E-state index contributed by atoms with van der Waals surface area (Å²) in [5.74, 6) is 0.276. The van der Waals surface area contributed by atoms with Crippen LogP contribution in [0.4, 0.5) is 5.69 Å². The maximum absolute atomic E-state index is 10.7. The predicted octanol–water partition coefficient (Wildman–Crippen LogP) is 5.74. The van der Waals surface area contributed by atoms with Crippen LogP contribution in [0.3, 0.4) is 0 Å². The zero-order valence-electron chi connectivity index (χ0n) is 15.3. The van der Waals surface area contributed by atoms with Gasteiger partial charge in [0.05, 0.1) is 0 Å². The third kappa shape index (κ3) is 4.96. The Labute approximate surface area is 156 Å². The van der Waals surface area contributed by atoms with E-state index in [0.29, 0.717) is 5.69 Å². The topological polar surface area (TPSA) is 32.6 Å². The van der Waals surface area contributed by atoms with E-state index in [1.807, 2.05) is 36.4 Å². The molecular formula is C21H27CuNO. The van der Waals surface area contributed by atoms with Gasteiger partial charge in [-0.2, -0.15) is 0 Å². The number of rotatable bonds is 2. The molecule has 2 aromatic carbocycles. The van der Waals surface area contributed by atoms with E-state index in [0.717, 1.165) is 11.1 Å². The third-order valence-electron chi connectivity index (χ3n) is 3.92. The fraction of sp³-hybridized carbons (Fsp3) is 0.381. The average Bonchev–Trinajstić information content (AvgIpc) is 2.44. The minimum Gasteiger partial charge on any atom is -0.505 e. The first kappa shape index (κ1) is 20.5. The van der Waals surface area contributed by atoms with Crippen molar-refractivity contribution in [3.05, 3.63) is 59.2 Å². The van der Waals surface area contributed by atoms with Crippen molar-refractivity contribution >= 4 is 11.9 Å². The van der Waals surface area contributed by atoms with Crippen molar-refractivity contribution in [3.63, 3.8) is 0 Å². The predicted molar refractivity (Wildman–Crippen MR) is 99.2 cm³/mol. The van der Waals surface area contributed by atoms with Crippen LogP contribution in [0.1, 0.15) is 58.2 Å². The molecule has 0 aliphatic rings. The number of benzene rings is 2. The smallest absolute Gasteiger partial charge is 0.144 e. The molecule has 0 saturated heterocycles. The zero-order chi connectivity index (χ0) is 17.3. The molecule has 0 atom stereocenters. The number of hydrogen-bond donors (Lipinski definition) is 1. The Bertz CT molecular complexity index is 707. The van der Waals surface area contributed by atoms with Gasteiger partial charge in [-0.25, -0.2) is 0 Å². The minimum atomic E-state index is -0.137. The van der Waals surface area contributed by atoms with Crippen LogP contribution >= 0.6 is 0 Å². The number of phenolic OH excluding ortho intramolecular Hbond substituents is 1. The van der Waals surface area contributed by atoms with Crippen LogP contribution in [0.15, 0.2) is 47.5 Å². The van der Waals surface area contributed by atoms with E-state index in [4.69, 9.17) is 0 Å². The summed E-state index contributed by atoms with van der Waals surface area (Å²) < 4.78 is 0. The van der Waals surface area contributed by atoms with Gasteiger partial charge in [0.2, 0.25) is 0 Å². The Hall–Kier alpha value is -1.57. The van der Waals surface area contributed by atoms with Crippen LogP contribution in [0.25, 0.3) is 0 Å². The molecule has 0 fully saturated rings. The standard InChI is InChI=1S/C21H27NO.Cu/c1-20(2,3)16-12-17(21(4,5)6)19(23)18(13-16)22-14-15-10-8-7-9-11-15;/h7-14,23H,1-6H3;. The second-order valence-corrected chi connectivity index (χ2v) is 8.06. The average molecular weight is 373 g/mol. The maximum Gasteiger partial charge on any atom is 0.144 e. The maximum atomic E-state index is 10.7. The third-order valence-corrected chi connectivity index (χ3v) is 3.92. The van der Waals surface area contributed by atoms with E-state index in [1.54, 1.807) is 6.21 Å². The molecule has 0 aromatic heterocycles. The molecule has 0 amide bonds. The number of hydrogen-bond acceptors (Lipinski definition) is 2. The van der Waals surface area contributed by atoms with Crippen molar-refractivity contribution in [2.24, 2.45) is 4.99 Å². The summed E-state index contributed by atoms with van der Waals surface area (Å²) >= 11 is 0. The summed E-state index contributed by atoms with van der Waals surface area (Å²) in [5, 5.41) is 10.7. The first-order valence-electron chi connectivity index (χ1n) is 8.06. The quantitative estimate of drug-likeness (QED) is 0.529. The van der Waals surface area contributed by atoms with Gasteiger partial charge in [0.25, 0.3) is 0 Å². The molecule has 133 valence electrons. The van der Waals surface area contributed by atoms with Gasteiger partial charge in [-0.05, 0) is 28.0 Å². The molecule has 0 aliphatic heterocycles. The molecule has 1 radical (unpaired) electrons. The Kier molecular flexibility index (Phi) is 6.44. The molecule has 24 heavy (non-hydrogen) atoms. The van der Waals surface area contributed by atoms with Crippen LogP contribution in [-0.4, -0.2) is 11.3 Å². The Morgan fingerprint density at radius 2 is 1.46 bits per heavy atom. The fourth-order valence-electron chi connectivity index (χ4n) is 2.41. The normalized spacial score (nSPS) is 12.2. The molecule has 0 spiro atoms. The number of aromatic hydroxyl groups is 1. The van der Waals surface area contributed by atoms with Crippen LogP contribution in [-0.2, 0) is 27.9 Å². The van der Waals surface area contributed by atoms with Gasteiger partial charge < -0.3 is 5.11 Å². The monoisotopic (exact) mass is 372 g/mol. The van der Waals surface area contributed by atoms with E-state index in [1.165, 1.54) is 5.56 Å². The zero-order valence-corrected chi connectivity index (χ0v) is 16.3. The van der Waals surface area contributed by atoms with Gasteiger partial charge in [0, 0.05) is 28.8 Å². The molecule has 0 saturated carbocycles. The summed E-state index contributed by atoms with van der Waals surface area (Å²) in [6.07, 6.45) is 1.80. The first-order valence-corrected chi connectivity index (χ1v) is 8.06. The van der Waals surface area contributed by atoms with Crippen LogP contribution in [0, 0.1) is 0 Å². The molecule has 2 nitrogen and oxygen atoms in total. The summed E-state index contributed by atoms with van der Waals surface area (Å²) in [6, 6.07) is 14.0. The van der Waals surface area contributed by atoms with Crippen LogP contribution in [0.5, 0.6) is 5.75 Å². The van der Waals surface area contributed by atoms with Gasteiger partial charge in [0.1, 0.15) is 11.4 Å². The SMILES string of the molecule is CC(C)(C)c1cc(N=Cc2ccccc2)c(O)c(C(C)(C)C)c1.[Cu].